The molecule has 1 rings (SSSR count). The van der Waals surface area contributed by atoms with Crippen LogP contribution < -0.4 is 10.6 Å². The van der Waals surface area contributed by atoms with Gasteiger partial charge in [-0.2, -0.15) is 0 Å². The number of aryl methyl sites for hydroxylation is 1. The molecule has 150 valence electrons. The van der Waals surface area contributed by atoms with Crippen molar-refractivity contribution in [2.45, 2.75) is 46.1 Å². The van der Waals surface area contributed by atoms with E-state index in [1.54, 1.807) is 20.8 Å². The number of nitrogens with one attached hydrogen (secondary N) is 2. The lowest BCUT2D eigenvalue weighted by molar-refractivity contribution is -0.148. The van der Waals surface area contributed by atoms with Gasteiger partial charge in [0.1, 0.15) is 31.0 Å². The molecule has 2 atom stereocenters. The van der Waals surface area contributed by atoms with Gasteiger partial charge in [-0.3, -0.25) is 25.2 Å². The van der Waals surface area contributed by atoms with E-state index in [1.807, 2.05) is 0 Å². The molecule has 0 aromatic carbocycles. The van der Waals surface area contributed by atoms with Crippen molar-refractivity contribution in [3.63, 3.8) is 0 Å². The Hall–Kier alpha value is -3.07. The van der Waals surface area contributed by atoms with Crippen molar-refractivity contribution in [1.29, 1.82) is 0 Å². The minimum Gasteiger partial charge on any atom is -0.506 e. The number of hydrogen-bond donors (Lipinski definition) is 3. The number of carbonyl (C=O) groups is 2. The van der Waals surface area contributed by atoms with Crippen LogP contribution in [0, 0.1) is 31.6 Å². The Balaban J connectivity index is 2.80. The summed E-state index contributed by atoms with van der Waals surface area (Å²) in [5.41, 5.74) is 1.11. The van der Waals surface area contributed by atoms with Crippen LogP contribution in [0.15, 0.2) is 6.20 Å². The summed E-state index contributed by atoms with van der Waals surface area (Å²) in [5, 5.41) is 15.9. The molecule has 8 nitrogen and oxygen atoms in total. The average Bonchev–Trinajstić information content (AvgIpc) is 2.69. The third-order valence-corrected chi connectivity index (χ3v) is 3.89. The Morgan fingerprint density at radius 2 is 1.61 bits per heavy atom. The molecule has 0 saturated heterocycles. The van der Waals surface area contributed by atoms with Crippen molar-refractivity contribution in [3.8, 4) is 30.4 Å². The van der Waals surface area contributed by atoms with Gasteiger partial charge in [0.25, 0.3) is 0 Å². The molecule has 1 aromatic rings. The van der Waals surface area contributed by atoms with E-state index in [4.69, 9.17) is 22.3 Å². The number of aromatic hydroxyl groups is 1. The topological polar surface area (TPSA) is 110 Å². The van der Waals surface area contributed by atoms with Crippen LogP contribution in [0.4, 0.5) is 0 Å². The zero-order valence-corrected chi connectivity index (χ0v) is 16.2. The van der Waals surface area contributed by atoms with Gasteiger partial charge in [-0.1, -0.05) is 11.8 Å². The molecule has 28 heavy (non-hydrogen) atoms. The molecule has 0 spiro atoms. The Bertz CT molecular complexity index is 779. The van der Waals surface area contributed by atoms with Gasteiger partial charge in [0.05, 0.1) is 18.8 Å². The predicted octanol–water partition coefficient (Wildman–Crippen LogP) is 0.405. The first kappa shape index (κ1) is 23.0. The van der Waals surface area contributed by atoms with Crippen LogP contribution in [-0.4, -0.2) is 47.2 Å². The first-order valence-corrected chi connectivity index (χ1v) is 8.65. The normalized spacial score (nSPS) is 12.3. The summed E-state index contributed by atoms with van der Waals surface area (Å²) in [4.78, 5) is 28.1. The second-order valence-electron chi connectivity index (χ2n) is 6.02. The van der Waals surface area contributed by atoms with Gasteiger partial charge < -0.3 is 14.6 Å². The molecule has 8 heteroatoms. The maximum absolute atomic E-state index is 12.0. The Morgan fingerprint density at radius 3 is 2.11 bits per heavy atom. The van der Waals surface area contributed by atoms with E-state index in [0.717, 1.165) is 0 Å². The maximum atomic E-state index is 12.0. The van der Waals surface area contributed by atoms with E-state index < -0.39 is 24.0 Å². The molecule has 0 aliphatic carbocycles. The summed E-state index contributed by atoms with van der Waals surface area (Å²) in [6.07, 6.45) is 11.7. The molecule has 0 aliphatic heterocycles. The van der Waals surface area contributed by atoms with Gasteiger partial charge in [0.2, 0.25) is 0 Å². The van der Waals surface area contributed by atoms with Crippen molar-refractivity contribution in [3.05, 3.63) is 23.0 Å². The largest absolute Gasteiger partial charge is 0.506 e. The van der Waals surface area contributed by atoms with Gasteiger partial charge in [0, 0.05) is 17.3 Å². The SMILES string of the molecule is C#CCNC(C)C(=O)OCc1cnc(C)c(O)c1COC(=O)C(C)NCC#C. The summed E-state index contributed by atoms with van der Waals surface area (Å²) in [6, 6.07) is -1.20. The summed E-state index contributed by atoms with van der Waals surface area (Å²) in [6.45, 7) is 4.97. The summed E-state index contributed by atoms with van der Waals surface area (Å²) in [7, 11) is 0. The second-order valence-corrected chi connectivity index (χ2v) is 6.02. The fourth-order valence-electron chi connectivity index (χ4n) is 2.10. The number of aromatic nitrogens is 1. The highest BCUT2D eigenvalue weighted by Gasteiger charge is 2.19. The first-order valence-electron chi connectivity index (χ1n) is 8.65. The van der Waals surface area contributed by atoms with E-state index in [-0.39, 0.29) is 32.1 Å². The number of terminal acetylenes is 2. The van der Waals surface area contributed by atoms with Gasteiger partial charge in [-0.25, -0.2) is 0 Å². The van der Waals surface area contributed by atoms with E-state index in [1.165, 1.54) is 6.20 Å². The minimum atomic E-state index is -0.606. The van der Waals surface area contributed by atoms with Crippen LogP contribution in [-0.2, 0) is 32.3 Å². The standard InChI is InChI=1S/C20H25N3O5/c1-6-8-21-14(4)19(25)27-11-16-10-23-13(3)18(24)17(16)12-28-20(26)15(5)22-9-7-2/h1-2,10,14-15,21-22,24H,8-9,11-12H2,3-5H3. The van der Waals surface area contributed by atoms with Crippen molar-refractivity contribution in [2.24, 2.45) is 0 Å². The van der Waals surface area contributed by atoms with Crippen LogP contribution in [0.5, 0.6) is 5.75 Å². The molecule has 0 saturated carbocycles. The molecular formula is C20H25N3O5. The maximum Gasteiger partial charge on any atom is 0.323 e. The average molecular weight is 387 g/mol. The number of hydrogen-bond acceptors (Lipinski definition) is 8. The summed E-state index contributed by atoms with van der Waals surface area (Å²) < 4.78 is 10.5. The van der Waals surface area contributed by atoms with Crippen LogP contribution in [0.1, 0.15) is 30.7 Å². The summed E-state index contributed by atoms with van der Waals surface area (Å²) in [5.74, 6) is 3.58. The van der Waals surface area contributed by atoms with Crippen molar-refractivity contribution >= 4 is 11.9 Å². The van der Waals surface area contributed by atoms with E-state index in [0.29, 0.717) is 16.8 Å². The number of rotatable bonds is 10. The highest BCUT2D eigenvalue weighted by atomic mass is 16.5. The zero-order chi connectivity index (χ0) is 21.1. The number of nitrogens with zero attached hydrogens (tertiary/aromatic N) is 1. The van der Waals surface area contributed by atoms with Crippen LogP contribution in [0.2, 0.25) is 0 Å². The molecule has 0 bridgehead atoms. The first-order chi connectivity index (χ1) is 13.3. The molecule has 0 amide bonds. The van der Waals surface area contributed by atoms with Gasteiger partial charge in [-0.05, 0) is 20.8 Å². The third kappa shape index (κ3) is 6.92. The second kappa shape index (κ2) is 11.6. The van der Waals surface area contributed by atoms with Crippen LogP contribution in [0.3, 0.4) is 0 Å². The molecule has 1 aromatic heterocycles. The Morgan fingerprint density at radius 1 is 1.11 bits per heavy atom. The molecule has 2 unspecified atom stereocenters. The van der Waals surface area contributed by atoms with Crippen LogP contribution >= 0.6 is 0 Å². The van der Waals surface area contributed by atoms with E-state index in [2.05, 4.69) is 27.5 Å². The highest BCUT2D eigenvalue weighted by molar-refractivity contribution is 5.76. The fraction of sp³-hybridized carbons (Fsp3) is 0.450. The number of carbonyl (C=O) groups excluding carboxylic acids is 2. The lowest BCUT2D eigenvalue weighted by atomic mass is 10.1. The molecule has 3 N–H and O–H groups in total. The van der Waals surface area contributed by atoms with Gasteiger partial charge in [0.15, 0.2) is 0 Å². The smallest absolute Gasteiger partial charge is 0.323 e. The quantitative estimate of drug-likeness (QED) is 0.391. The predicted molar refractivity (Wildman–Crippen MR) is 103 cm³/mol. The van der Waals surface area contributed by atoms with E-state index in [9.17, 15) is 14.7 Å². The lowest BCUT2D eigenvalue weighted by Crippen LogP contribution is -2.35. The summed E-state index contributed by atoms with van der Waals surface area (Å²) >= 11 is 0. The Kier molecular flexibility index (Phi) is 9.52. The number of esters is 2. The molecule has 1 heterocycles. The molecular weight excluding hydrogens is 362 g/mol. The van der Waals surface area contributed by atoms with Crippen LogP contribution in [0.25, 0.3) is 0 Å². The molecule has 0 radical (unpaired) electrons. The zero-order valence-electron chi connectivity index (χ0n) is 16.2. The number of ether oxygens (including phenoxy) is 2. The van der Waals surface area contributed by atoms with Crippen molar-refractivity contribution < 1.29 is 24.2 Å². The molecule has 0 aliphatic rings. The number of pyridine rings is 1. The highest BCUT2D eigenvalue weighted by Crippen LogP contribution is 2.25. The fourth-order valence-corrected chi connectivity index (χ4v) is 2.10. The van der Waals surface area contributed by atoms with E-state index >= 15 is 0 Å². The van der Waals surface area contributed by atoms with Crippen molar-refractivity contribution in [2.75, 3.05) is 13.1 Å². The van der Waals surface area contributed by atoms with Gasteiger partial charge in [-0.15, -0.1) is 12.8 Å². The van der Waals surface area contributed by atoms with Gasteiger partial charge >= 0.3 is 11.9 Å². The monoisotopic (exact) mass is 387 g/mol. The van der Waals surface area contributed by atoms with Crippen molar-refractivity contribution in [1.82, 2.24) is 15.6 Å². The third-order valence-electron chi connectivity index (χ3n) is 3.89. The lowest BCUT2D eigenvalue weighted by Gasteiger charge is -2.16. The Labute approximate surface area is 165 Å². The minimum absolute atomic E-state index is 0.121. The molecule has 0 fully saturated rings.